The van der Waals surface area contributed by atoms with Crippen LogP contribution in [-0.4, -0.2) is 95.5 Å². The number of hydrogen-bond acceptors (Lipinski definition) is 7. The van der Waals surface area contributed by atoms with Crippen LogP contribution in [0, 0.1) is 5.82 Å². The molecule has 0 spiro atoms. The highest BCUT2D eigenvalue weighted by molar-refractivity contribution is 6.05. The topological polar surface area (TPSA) is 102 Å². The lowest BCUT2D eigenvalue weighted by atomic mass is 10.0. The molecule has 4 aliphatic heterocycles. The fourth-order valence-corrected chi connectivity index (χ4v) is 5.90. The average molecular weight is 530 g/mol. The number of anilines is 1. The Bertz CT molecular complexity index is 1140. The maximum Gasteiger partial charge on any atom is 0.410 e. The highest BCUT2D eigenvalue weighted by Crippen LogP contribution is 2.34. The van der Waals surface area contributed by atoms with Crippen molar-refractivity contribution in [2.75, 3.05) is 44.2 Å². The summed E-state index contributed by atoms with van der Waals surface area (Å²) >= 11 is 0. The zero-order valence-corrected chi connectivity index (χ0v) is 22.3. The molecule has 1 aromatic rings. The number of piperazine rings is 1. The van der Waals surface area contributed by atoms with Crippen LogP contribution in [-0.2, 0) is 20.9 Å². The van der Waals surface area contributed by atoms with Crippen LogP contribution in [0.3, 0.4) is 0 Å². The van der Waals surface area contributed by atoms with Crippen LogP contribution in [0.2, 0.25) is 0 Å². The number of imide groups is 1. The summed E-state index contributed by atoms with van der Waals surface area (Å²) in [5.41, 5.74) is 0.565. The van der Waals surface area contributed by atoms with Crippen LogP contribution in [0.1, 0.15) is 62.4 Å². The number of carbonyl (C=O) groups excluding carboxylic acids is 4. The van der Waals surface area contributed by atoms with Crippen LogP contribution in [0.5, 0.6) is 0 Å². The minimum atomic E-state index is -0.763. The van der Waals surface area contributed by atoms with E-state index in [0.717, 1.165) is 25.9 Å². The molecule has 4 aliphatic rings. The predicted octanol–water partition coefficient (Wildman–Crippen LogP) is 2.11. The quantitative estimate of drug-likeness (QED) is 0.599. The van der Waals surface area contributed by atoms with E-state index in [4.69, 9.17) is 4.74 Å². The minimum Gasteiger partial charge on any atom is -0.444 e. The normalized spacial score (nSPS) is 23.5. The first kappa shape index (κ1) is 26.4. The number of fused-ring (bicyclic) bond motifs is 1. The van der Waals surface area contributed by atoms with Crippen molar-refractivity contribution in [3.63, 3.8) is 0 Å². The number of halogens is 1. The van der Waals surface area contributed by atoms with Crippen molar-refractivity contribution in [2.45, 2.75) is 70.7 Å². The number of carbonyl (C=O) groups is 4. The molecule has 5 rings (SSSR count). The van der Waals surface area contributed by atoms with Gasteiger partial charge in [-0.25, -0.2) is 9.18 Å². The highest BCUT2D eigenvalue weighted by atomic mass is 19.1. The number of nitrogens with zero attached hydrogens (tertiary/aromatic N) is 4. The first-order chi connectivity index (χ1) is 18.0. The van der Waals surface area contributed by atoms with Crippen molar-refractivity contribution < 1.29 is 28.3 Å². The Balaban J connectivity index is 1.17. The Labute approximate surface area is 222 Å². The van der Waals surface area contributed by atoms with E-state index < -0.39 is 23.4 Å². The van der Waals surface area contributed by atoms with Gasteiger partial charge in [-0.1, -0.05) is 0 Å². The first-order valence-corrected chi connectivity index (χ1v) is 13.4. The number of piperidine rings is 2. The zero-order valence-electron chi connectivity index (χ0n) is 22.3. The first-order valence-electron chi connectivity index (χ1n) is 13.4. The van der Waals surface area contributed by atoms with Crippen molar-refractivity contribution in [3.8, 4) is 0 Å². The fraction of sp³-hybridized carbons (Fsp3) is 0.630. The summed E-state index contributed by atoms with van der Waals surface area (Å²) in [4.78, 5) is 56.7. The second kappa shape index (κ2) is 10.2. The maximum absolute atomic E-state index is 15.7. The third-order valence-corrected chi connectivity index (χ3v) is 7.92. The van der Waals surface area contributed by atoms with Crippen LogP contribution < -0.4 is 10.2 Å². The molecule has 0 radical (unpaired) electrons. The van der Waals surface area contributed by atoms with Gasteiger partial charge in [0.05, 0.1) is 12.2 Å². The van der Waals surface area contributed by atoms with E-state index in [0.29, 0.717) is 43.5 Å². The molecule has 0 aromatic heterocycles. The second-order valence-electron chi connectivity index (χ2n) is 11.5. The van der Waals surface area contributed by atoms with Crippen molar-refractivity contribution >= 4 is 29.5 Å². The van der Waals surface area contributed by atoms with Crippen LogP contribution in [0.25, 0.3) is 0 Å². The van der Waals surface area contributed by atoms with Gasteiger partial charge in [0, 0.05) is 62.9 Å². The fourth-order valence-electron chi connectivity index (χ4n) is 5.90. The summed E-state index contributed by atoms with van der Waals surface area (Å²) in [5, 5.41) is 2.28. The molecule has 1 N–H and O–H groups in total. The summed E-state index contributed by atoms with van der Waals surface area (Å²) in [5.74, 6) is -1.64. The molecule has 0 bridgehead atoms. The third-order valence-electron chi connectivity index (χ3n) is 7.92. The molecule has 1 unspecified atom stereocenters. The number of nitrogens with one attached hydrogen (secondary N) is 1. The molecule has 10 nitrogen and oxygen atoms in total. The summed E-state index contributed by atoms with van der Waals surface area (Å²) in [6, 6.07) is 2.93. The van der Waals surface area contributed by atoms with Gasteiger partial charge < -0.3 is 19.4 Å². The van der Waals surface area contributed by atoms with Gasteiger partial charge in [0.2, 0.25) is 11.8 Å². The summed E-state index contributed by atoms with van der Waals surface area (Å²) in [6.07, 6.45) is 1.91. The highest BCUT2D eigenvalue weighted by Gasteiger charge is 2.41. The van der Waals surface area contributed by atoms with Crippen LogP contribution in [0.15, 0.2) is 12.1 Å². The van der Waals surface area contributed by atoms with E-state index >= 15 is 4.39 Å². The van der Waals surface area contributed by atoms with Crippen LogP contribution >= 0.6 is 0 Å². The summed E-state index contributed by atoms with van der Waals surface area (Å²) in [7, 11) is 0. The third kappa shape index (κ3) is 5.21. The van der Waals surface area contributed by atoms with E-state index in [-0.39, 0.29) is 42.9 Å². The van der Waals surface area contributed by atoms with Gasteiger partial charge >= 0.3 is 6.09 Å². The van der Waals surface area contributed by atoms with Crippen molar-refractivity contribution in [3.05, 3.63) is 29.1 Å². The van der Waals surface area contributed by atoms with Crippen LogP contribution in [0.4, 0.5) is 14.9 Å². The molecule has 1 atom stereocenters. The SMILES string of the molecule is CC(C)(C)OC(=O)N1CCC(N2CCN(c3ccc4c(c3F)CN(C3CCC(=O)NC3=O)C4=O)CC2)CC1. The largest absolute Gasteiger partial charge is 0.444 e. The van der Waals surface area contributed by atoms with Gasteiger partial charge in [0.25, 0.3) is 5.91 Å². The molecule has 1 aromatic carbocycles. The Morgan fingerprint density at radius 1 is 1.00 bits per heavy atom. The lowest BCUT2D eigenvalue weighted by molar-refractivity contribution is -0.136. The van der Waals surface area contributed by atoms with E-state index in [9.17, 15) is 19.2 Å². The molecular formula is C27H36FN5O5. The maximum atomic E-state index is 15.7. The number of likely N-dealkylation sites (tertiary alicyclic amines) is 1. The Morgan fingerprint density at radius 3 is 2.32 bits per heavy atom. The number of ether oxygens (including phenoxy) is 1. The molecule has 3 fully saturated rings. The number of rotatable bonds is 3. The molecular weight excluding hydrogens is 493 g/mol. The van der Waals surface area contributed by atoms with Crippen molar-refractivity contribution in [1.82, 2.24) is 20.0 Å². The Morgan fingerprint density at radius 2 is 1.68 bits per heavy atom. The predicted molar refractivity (Wildman–Crippen MR) is 137 cm³/mol. The van der Waals surface area contributed by atoms with E-state index in [2.05, 4.69) is 10.2 Å². The molecule has 11 heteroatoms. The molecule has 0 aliphatic carbocycles. The standard InChI is InChI=1S/C27H36FN5O5/c1-27(2,3)38-26(37)32-10-8-17(9-11-32)30-12-14-31(15-13-30)20-5-4-18-19(23(20)28)16-33(25(18)36)21-6-7-22(34)29-24(21)35/h4-5,17,21H,6-16H2,1-3H3,(H,29,34,35). The number of benzene rings is 1. The molecule has 206 valence electrons. The smallest absolute Gasteiger partial charge is 0.410 e. The Hall–Kier alpha value is -3.21. The molecule has 4 heterocycles. The zero-order chi connectivity index (χ0) is 27.2. The molecule has 38 heavy (non-hydrogen) atoms. The molecule has 3 saturated heterocycles. The van der Waals surface area contributed by atoms with Gasteiger partial charge in [-0.15, -0.1) is 0 Å². The van der Waals surface area contributed by atoms with Gasteiger partial charge in [-0.2, -0.15) is 0 Å². The van der Waals surface area contributed by atoms with E-state index in [1.807, 2.05) is 25.7 Å². The molecule has 4 amide bonds. The van der Waals surface area contributed by atoms with E-state index in [1.165, 1.54) is 4.90 Å². The van der Waals surface area contributed by atoms with Crippen molar-refractivity contribution in [1.29, 1.82) is 0 Å². The summed E-state index contributed by atoms with van der Waals surface area (Å²) in [6.45, 7) is 9.85. The van der Waals surface area contributed by atoms with E-state index in [1.54, 1.807) is 17.0 Å². The lowest BCUT2D eigenvalue weighted by Crippen LogP contribution is -2.54. The second-order valence-corrected chi connectivity index (χ2v) is 11.5. The van der Waals surface area contributed by atoms with Crippen molar-refractivity contribution in [2.24, 2.45) is 0 Å². The monoisotopic (exact) mass is 529 g/mol. The molecule has 0 saturated carbocycles. The van der Waals surface area contributed by atoms with Gasteiger partial charge in [0.15, 0.2) is 5.82 Å². The minimum absolute atomic E-state index is 0.0241. The lowest BCUT2D eigenvalue weighted by Gasteiger charge is -2.43. The number of amides is 4. The number of hydrogen-bond donors (Lipinski definition) is 1. The van der Waals surface area contributed by atoms with Gasteiger partial charge in [-0.3, -0.25) is 24.6 Å². The van der Waals surface area contributed by atoms with Gasteiger partial charge in [0.1, 0.15) is 11.6 Å². The Kier molecular flexibility index (Phi) is 7.06. The summed E-state index contributed by atoms with van der Waals surface area (Å²) < 4.78 is 21.2. The van der Waals surface area contributed by atoms with Gasteiger partial charge in [-0.05, 0) is 52.2 Å². The average Bonchev–Trinajstić information content (AvgIpc) is 3.20.